The Labute approximate surface area is 242 Å². The van der Waals surface area contributed by atoms with Gasteiger partial charge in [0.25, 0.3) is 0 Å². The number of aliphatic carboxylic acids is 1. The van der Waals surface area contributed by atoms with Gasteiger partial charge in [0.2, 0.25) is 0 Å². The first-order chi connectivity index (χ1) is 20.1. The van der Waals surface area contributed by atoms with E-state index in [0.29, 0.717) is 25.4 Å². The molecule has 0 heterocycles. The number of carboxylic acid groups (broad SMARTS) is 1. The Balaban J connectivity index is 1.32. The molecule has 0 saturated carbocycles. The monoisotopic (exact) mass is 548 g/mol. The van der Waals surface area contributed by atoms with Crippen LogP contribution in [0.5, 0.6) is 5.75 Å². The molecule has 0 saturated heterocycles. The quantitative estimate of drug-likeness (QED) is 0.185. The third kappa shape index (κ3) is 6.94. The summed E-state index contributed by atoms with van der Waals surface area (Å²) in [4.78, 5) is 11.2. The fourth-order valence-electron chi connectivity index (χ4n) is 5.27. The van der Waals surface area contributed by atoms with Crippen LogP contribution in [0.25, 0.3) is 23.3 Å². The Hall–Kier alpha value is -4.19. The summed E-state index contributed by atoms with van der Waals surface area (Å²) < 4.78 is 17.6. The summed E-state index contributed by atoms with van der Waals surface area (Å²) in [5.41, 5.74) is 9.19. The van der Waals surface area contributed by atoms with Crippen molar-refractivity contribution in [1.82, 2.24) is 0 Å². The maximum atomic E-state index is 11.2. The number of ether oxygens (including phenoxy) is 3. The minimum absolute atomic E-state index is 0.218. The van der Waals surface area contributed by atoms with Crippen LogP contribution in [-0.4, -0.2) is 37.5 Å². The van der Waals surface area contributed by atoms with Crippen LogP contribution >= 0.6 is 0 Å². The summed E-state index contributed by atoms with van der Waals surface area (Å²) in [5.74, 6) is -0.261. The molecule has 0 fully saturated rings. The molecule has 5 nitrogen and oxygen atoms in total. The van der Waals surface area contributed by atoms with E-state index in [4.69, 9.17) is 14.2 Å². The van der Waals surface area contributed by atoms with Crippen LogP contribution in [0.1, 0.15) is 52.8 Å². The molecule has 5 rings (SSSR count). The molecule has 0 radical (unpaired) electrons. The van der Waals surface area contributed by atoms with Crippen LogP contribution in [0, 0.1) is 0 Å². The average molecular weight is 549 g/mol. The van der Waals surface area contributed by atoms with E-state index in [0.717, 1.165) is 29.5 Å². The highest BCUT2D eigenvalue weighted by molar-refractivity contribution is 5.79. The summed E-state index contributed by atoms with van der Waals surface area (Å²) in [6.07, 6.45) is 5.72. The first-order valence-corrected chi connectivity index (χ1v) is 14.1. The first-order valence-electron chi connectivity index (χ1n) is 14.1. The highest BCUT2D eigenvalue weighted by Gasteiger charge is 2.23. The van der Waals surface area contributed by atoms with Crippen LogP contribution in [0.4, 0.5) is 0 Å². The Morgan fingerprint density at radius 3 is 2.29 bits per heavy atom. The molecular formula is C36H36O5. The van der Waals surface area contributed by atoms with Crippen LogP contribution < -0.4 is 4.74 Å². The van der Waals surface area contributed by atoms with Gasteiger partial charge in [0, 0.05) is 13.5 Å². The zero-order valence-corrected chi connectivity index (χ0v) is 23.6. The number of carboxylic acids is 1. The second-order valence-corrected chi connectivity index (χ2v) is 10.3. The van der Waals surface area contributed by atoms with Gasteiger partial charge in [-0.25, -0.2) is 4.79 Å². The molecule has 41 heavy (non-hydrogen) atoms. The molecule has 4 aromatic carbocycles. The second kappa shape index (κ2) is 13.4. The van der Waals surface area contributed by atoms with Crippen molar-refractivity contribution >= 4 is 18.1 Å². The Morgan fingerprint density at radius 2 is 1.56 bits per heavy atom. The van der Waals surface area contributed by atoms with Gasteiger partial charge in [-0.1, -0.05) is 98.3 Å². The van der Waals surface area contributed by atoms with Crippen LogP contribution in [0.2, 0.25) is 0 Å². The topological polar surface area (TPSA) is 65.0 Å². The molecule has 0 amide bonds. The summed E-state index contributed by atoms with van der Waals surface area (Å²) in [6.45, 7) is 3.00. The van der Waals surface area contributed by atoms with Crippen molar-refractivity contribution in [3.05, 3.63) is 124 Å². The maximum Gasteiger partial charge on any atom is 0.333 e. The number of rotatable bonds is 12. The van der Waals surface area contributed by atoms with E-state index in [1.807, 2.05) is 30.3 Å². The lowest BCUT2D eigenvalue weighted by Crippen LogP contribution is -2.24. The van der Waals surface area contributed by atoms with Crippen molar-refractivity contribution in [2.24, 2.45) is 0 Å². The lowest BCUT2D eigenvalue weighted by atomic mass is 9.92. The molecule has 2 unspecified atom stereocenters. The maximum absolute atomic E-state index is 11.2. The average Bonchev–Trinajstić information content (AvgIpc) is 3.15. The van der Waals surface area contributed by atoms with E-state index < -0.39 is 12.1 Å². The van der Waals surface area contributed by atoms with Gasteiger partial charge in [-0.05, 0) is 69.1 Å². The molecule has 0 aliphatic heterocycles. The van der Waals surface area contributed by atoms with E-state index in [1.54, 1.807) is 0 Å². The minimum atomic E-state index is -0.972. The van der Waals surface area contributed by atoms with Gasteiger partial charge in [0.15, 0.2) is 6.10 Å². The van der Waals surface area contributed by atoms with E-state index in [1.165, 1.54) is 34.9 Å². The zero-order chi connectivity index (χ0) is 28.6. The van der Waals surface area contributed by atoms with Crippen molar-refractivity contribution in [1.29, 1.82) is 0 Å². The predicted octanol–water partition coefficient (Wildman–Crippen LogP) is 7.62. The minimum Gasteiger partial charge on any atom is -0.491 e. The number of carbonyl (C=O) groups is 1. The number of methoxy groups -OCH3 is 1. The van der Waals surface area contributed by atoms with Gasteiger partial charge >= 0.3 is 5.97 Å². The van der Waals surface area contributed by atoms with Gasteiger partial charge in [0.1, 0.15) is 18.5 Å². The number of hydrogen-bond acceptors (Lipinski definition) is 4. The van der Waals surface area contributed by atoms with E-state index in [2.05, 4.69) is 79.7 Å². The highest BCUT2D eigenvalue weighted by Crippen LogP contribution is 2.38. The molecule has 5 heteroatoms. The SMILES string of the molecule is CCCc1ccc2c(c1)C(OCCOc1ccc(CC(OC)C(=O)O)cc1)c1ccc(-c3ccccc3)cc1C=C2. The Morgan fingerprint density at radius 1 is 0.805 bits per heavy atom. The van der Waals surface area contributed by atoms with Crippen molar-refractivity contribution in [2.45, 2.75) is 38.4 Å². The third-order valence-electron chi connectivity index (χ3n) is 7.43. The van der Waals surface area contributed by atoms with Crippen LogP contribution in [0.15, 0.2) is 91.0 Å². The van der Waals surface area contributed by atoms with Crippen molar-refractivity contribution < 1.29 is 24.1 Å². The molecule has 0 bridgehead atoms. The molecule has 0 aromatic heterocycles. The zero-order valence-electron chi connectivity index (χ0n) is 23.6. The predicted molar refractivity (Wildman–Crippen MR) is 163 cm³/mol. The van der Waals surface area contributed by atoms with Gasteiger partial charge in [-0.3, -0.25) is 0 Å². The number of benzene rings is 4. The summed E-state index contributed by atoms with van der Waals surface area (Å²) in [5, 5.41) is 9.22. The van der Waals surface area contributed by atoms with E-state index in [-0.39, 0.29) is 6.10 Å². The molecule has 2 atom stereocenters. The summed E-state index contributed by atoms with van der Waals surface area (Å²) in [6, 6.07) is 31.2. The normalized spacial score (nSPS) is 14.5. The van der Waals surface area contributed by atoms with E-state index >= 15 is 0 Å². The van der Waals surface area contributed by atoms with Crippen molar-refractivity contribution in [3.8, 4) is 16.9 Å². The molecule has 210 valence electrons. The van der Waals surface area contributed by atoms with Crippen LogP contribution in [0.3, 0.4) is 0 Å². The summed E-state index contributed by atoms with van der Waals surface area (Å²) in [7, 11) is 1.41. The molecule has 0 spiro atoms. The second-order valence-electron chi connectivity index (χ2n) is 10.3. The smallest absolute Gasteiger partial charge is 0.333 e. The Bertz CT molecular complexity index is 1490. The lowest BCUT2D eigenvalue weighted by Gasteiger charge is -2.22. The number of hydrogen-bond donors (Lipinski definition) is 1. The molecule has 1 N–H and O–H groups in total. The first kappa shape index (κ1) is 28.3. The lowest BCUT2D eigenvalue weighted by molar-refractivity contribution is -0.148. The number of fused-ring (bicyclic) bond motifs is 2. The highest BCUT2D eigenvalue weighted by atomic mass is 16.5. The molecule has 4 aromatic rings. The fourth-order valence-corrected chi connectivity index (χ4v) is 5.27. The van der Waals surface area contributed by atoms with Gasteiger partial charge < -0.3 is 19.3 Å². The van der Waals surface area contributed by atoms with Gasteiger partial charge in [0.05, 0.1) is 6.61 Å². The summed E-state index contributed by atoms with van der Waals surface area (Å²) >= 11 is 0. The van der Waals surface area contributed by atoms with E-state index in [9.17, 15) is 9.90 Å². The molecule has 1 aliphatic carbocycles. The molecular weight excluding hydrogens is 512 g/mol. The number of aryl methyl sites for hydroxylation is 1. The third-order valence-corrected chi connectivity index (χ3v) is 7.43. The van der Waals surface area contributed by atoms with Crippen molar-refractivity contribution in [2.75, 3.05) is 20.3 Å². The van der Waals surface area contributed by atoms with Crippen LogP contribution in [-0.2, 0) is 27.1 Å². The van der Waals surface area contributed by atoms with Crippen molar-refractivity contribution in [3.63, 3.8) is 0 Å². The standard InChI is InChI=1S/C36H36O5/c1-3-7-25-10-13-28-14-15-30-24-29(27-8-5-4-6-9-27)16-19-32(30)35(33(28)22-25)41-21-20-40-31-17-11-26(12-18-31)23-34(39-2)36(37)38/h4-6,8-19,22,24,34-35H,3,7,20-21,23H2,1-2H3,(H,37,38). The molecule has 1 aliphatic rings. The van der Waals surface area contributed by atoms with Gasteiger partial charge in [-0.2, -0.15) is 0 Å². The fraction of sp³-hybridized carbons (Fsp3) is 0.250. The van der Waals surface area contributed by atoms with Gasteiger partial charge in [-0.15, -0.1) is 0 Å². The largest absolute Gasteiger partial charge is 0.491 e. The Kier molecular flexibility index (Phi) is 9.29.